The third kappa shape index (κ3) is 4.43. The first kappa shape index (κ1) is 18.8. The van der Waals surface area contributed by atoms with E-state index in [1.54, 1.807) is 10.6 Å². The molecule has 140 valence electrons. The van der Waals surface area contributed by atoms with Crippen LogP contribution in [0.1, 0.15) is 12.8 Å². The largest absolute Gasteiger partial charge is 0.573 e. The molecule has 2 aromatic heterocycles. The van der Waals surface area contributed by atoms with Crippen LogP contribution in [0.15, 0.2) is 40.6 Å². The van der Waals surface area contributed by atoms with Gasteiger partial charge in [-0.3, -0.25) is 0 Å². The molecule has 0 saturated heterocycles. The fraction of sp³-hybridized carbons (Fsp3) is 0.235. The summed E-state index contributed by atoms with van der Waals surface area (Å²) in [5.74, 6) is 2.43. The SMILES string of the molecule is C#CCCCn1c(Sc2ccccc2OC(F)(F)F)nc2c(N)ncnc21. The molecule has 2 N–H and O–H groups in total. The van der Waals surface area contributed by atoms with Crippen molar-refractivity contribution in [3.63, 3.8) is 0 Å². The Morgan fingerprint density at radius 2 is 2.04 bits per heavy atom. The number of ether oxygens (including phenoxy) is 1. The monoisotopic (exact) mass is 393 g/mol. The van der Waals surface area contributed by atoms with Crippen LogP contribution in [0.3, 0.4) is 0 Å². The molecule has 10 heteroatoms. The summed E-state index contributed by atoms with van der Waals surface area (Å²) in [4.78, 5) is 12.8. The lowest BCUT2D eigenvalue weighted by atomic mass is 10.3. The standard InChI is InChI=1S/C17H14F3N5OS/c1-2-3-6-9-25-15-13(14(21)22-10-23-15)24-16(25)27-12-8-5-4-7-11(12)26-17(18,19)20/h1,4-5,7-8,10H,3,6,9H2,(H2,21,22,23). The topological polar surface area (TPSA) is 78.9 Å². The van der Waals surface area contributed by atoms with E-state index in [4.69, 9.17) is 12.2 Å². The number of terminal acetylenes is 1. The Kier molecular flexibility index (Phi) is 5.41. The molecule has 0 aliphatic carbocycles. The predicted molar refractivity (Wildman–Crippen MR) is 95.1 cm³/mol. The van der Waals surface area contributed by atoms with E-state index in [1.807, 2.05) is 0 Å². The van der Waals surface area contributed by atoms with Crippen LogP contribution < -0.4 is 10.5 Å². The smallest absolute Gasteiger partial charge is 0.405 e. The number of hydrogen-bond acceptors (Lipinski definition) is 6. The van der Waals surface area contributed by atoms with Gasteiger partial charge in [0, 0.05) is 13.0 Å². The van der Waals surface area contributed by atoms with Crippen molar-refractivity contribution < 1.29 is 17.9 Å². The average molecular weight is 393 g/mol. The Bertz CT molecular complexity index is 996. The first-order valence-corrected chi connectivity index (χ1v) is 8.63. The van der Waals surface area contributed by atoms with E-state index < -0.39 is 6.36 Å². The van der Waals surface area contributed by atoms with Gasteiger partial charge in [-0.25, -0.2) is 15.0 Å². The normalized spacial score (nSPS) is 11.5. The molecule has 27 heavy (non-hydrogen) atoms. The van der Waals surface area contributed by atoms with Gasteiger partial charge < -0.3 is 15.0 Å². The number of nitrogens with zero attached hydrogens (tertiary/aromatic N) is 4. The summed E-state index contributed by atoms with van der Waals surface area (Å²) in [6, 6.07) is 5.84. The first-order chi connectivity index (χ1) is 12.9. The summed E-state index contributed by atoms with van der Waals surface area (Å²) in [5.41, 5.74) is 6.74. The summed E-state index contributed by atoms with van der Waals surface area (Å²) < 4.78 is 43.8. The molecule has 0 bridgehead atoms. The van der Waals surface area contributed by atoms with Crippen LogP contribution in [0.2, 0.25) is 0 Å². The van der Waals surface area contributed by atoms with Crippen LogP contribution in [-0.2, 0) is 6.54 Å². The van der Waals surface area contributed by atoms with E-state index in [2.05, 4.69) is 25.6 Å². The van der Waals surface area contributed by atoms with E-state index in [0.29, 0.717) is 35.7 Å². The van der Waals surface area contributed by atoms with Gasteiger partial charge in [0.2, 0.25) is 0 Å². The third-order valence-corrected chi connectivity index (χ3v) is 4.56. The van der Waals surface area contributed by atoms with Gasteiger partial charge in [-0.05, 0) is 30.3 Å². The fourth-order valence-corrected chi connectivity index (χ4v) is 3.37. The number of alkyl halides is 3. The lowest BCUT2D eigenvalue weighted by Crippen LogP contribution is -2.17. The van der Waals surface area contributed by atoms with Gasteiger partial charge in [0.25, 0.3) is 0 Å². The number of rotatable bonds is 6. The van der Waals surface area contributed by atoms with E-state index in [1.165, 1.54) is 24.5 Å². The van der Waals surface area contributed by atoms with E-state index in [-0.39, 0.29) is 16.5 Å². The molecule has 1 aromatic carbocycles. The van der Waals surface area contributed by atoms with Crippen LogP contribution in [0.5, 0.6) is 5.75 Å². The molecule has 0 aliphatic heterocycles. The van der Waals surface area contributed by atoms with Gasteiger partial charge in [-0.1, -0.05) is 12.1 Å². The first-order valence-electron chi connectivity index (χ1n) is 7.82. The summed E-state index contributed by atoms with van der Waals surface area (Å²) in [5, 5.41) is 0.424. The number of imidazole rings is 1. The van der Waals surface area contributed by atoms with E-state index in [0.717, 1.165) is 11.8 Å². The second-order valence-electron chi connectivity index (χ2n) is 5.38. The summed E-state index contributed by atoms with van der Waals surface area (Å²) in [7, 11) is 0. The van der Waals surface area contributed by atoms with Crippen molar-refractivity contribution in [3.8, 4) is 18.1 Å². The molecule has 0 spiro atoms. The number of nitrogen functional groups attached to an aromatic ring is 1. The highest BCUT2D eigenvalue weighted by molar-refractivity contribution is 7.99. The minimum atomic E-state index is -4.79. The molecule has 0 radical (unpaired) electrons. The van der Waals surface area contributed by atoms with Gasteiger partial charge >= 0.3 is 6.36 Å². The van der Waals surface area contributed by atoms with Gasteiger partial charge in [-0.15, -0.1) is 25.5 Å². The Morgan fingerprint density at radius 3 is 2.78 bits per heavy atom. The van der Waals surface area contributed by atoms with Crippen molar-refractivity contribution in [1.82, 2.24) is 19.5 Å². The summed E-state index contributed by atoms with van der Waals surface area (Å²) in [6.07, 6.45) is 3.01. The maximum absolute atomic E-state index is 12.7. The molecule has 6 nitrogen and oxygen atoms in total. The molecule has 0 saturated carbocycles. The second kappa shape index (κ2) is 7.75. The lowest BCUT2D eigenvalue weighted by Gasteiger charge is -2.13. The summed E-state index contributed by atoms with van der Waals surface area (Å²) >= 11 is 1.03. The minimum Gasteiger partial charge on any atom is -0.405 e. The minimum absolute atomic E-state index is 0.192. The highest BCUT2D eigenvalue weighted by Crippen LogP contribution is 2.38. The number of aryl methyl sites for hydroxylation is 1. The van der Waals surface area contributed by atoms with Crippen molar-refractivity contribution in [2.45, 2.75) is 35.8 Å². The number of anilines is 1. The fourth-order valence-electron chi connectivity index (χ4n) is 2.39. The van der Waals surface area contributed by atoms with Crippen molar-refractivity contribution in [3.05, 3.63) is 30.6 Å². The van der Waals surface area contributed by atoms with Crippen molar-refractivity contribution in [2.24, 2.45) is 0 Å². The molecule has 3 aromatic rings. The molecule has 0 unspecified atom stereocenters. The maximum atomic E-state index is 12.7. The third-order valence-electron chi connectivity index (χ3n) is 3.50. The van der Waals surface area contributed by atoms with Crippen LogP contribution in [0, 0.1) is 12.3 Å². The lowest BCUT2D eigenvalue weighted by molar-refractivity contribution is -0.275. The number of aromatic nitrogens is 4. The molecule has 2 heterocycles. The number of nitrogens with two attached hydrogens (primary N) is 1. The van der Waals surface area contributed by atoms with Crippen LogP contribution in [-0.4, -0.2) is 25.9 Å². The summed E-state index contributed by atoms with van der Waals surface area (Å²) in [6.45, 7) is 0.488. The van der Waals surface area contributed by atoms with Crippen molar-refractivity contribution in [1.29, 1.82) is 0 Å². The second-order valence-corrected chi connectivity index (χ2v) is 6.39. The quantitative estimate of drug-likeness (QED) is 0.506. The van der Waals surface area contributed by atoms with E-state index in [9.17, 15) is 13.2 Å². The number of halogens is 3. The van der Waals surface area contributed by atoms with Crippen molar-refractivity contribution in [2.75, 3.05) is 5.73 Å². The van der Waals surface area contributed by atoms with Gasteiger partial charge in [0.1, 0.15) is 12.1 Å². The molecular weight excluding hydrogens is 379 g/mol. The molecule has 0 aliphatic rings. The Hall–Kier alpha value is -2.93. The number of benzene rings is 1. The number of fused-ring (bicyclic) bond motifs is 1. The zero-order chi connectivity index (χ0) is 19.4. The molecule has 3 rings (SSSR count). The molecule has 0 amide bonds. The number of para-hydroxylation sites is 1. The Labute approximate surface area is 157 Å². The van der Waals surface area contributed by atoms with E-state index >= 15 is 0 Å². The van der Waals surface area contributed by atoms with Crippen molar-refractivity contribution >= 4 is 28.7 Å². The van der Waals surface area contributed by atoms with Gasteiger partial charge in [-0.2, -0.15) is 0 Å². The highest BCUT2D eigenvalue weighted by atomic mass is 32.2. The predicted octanol–water partition coefficient (Wildman–Crippen LogP) is 3.87. The number of hydrogen-bond donors (Lipinski definition) is 1. The van der Waals surface area contributed by atoms with Gasteiger partial charge in [0.15, 0.2) is 22.1 Å². The zero-order valence-electron chi connectivity index (χ0n) is 13.9. The molecular formula is C17H14F3N5OS. The molecule has 0 fully saturated rings. The van der Waals surface area contributed by atoms with Crippen LogP contribution in [0.25, 0.3) is 11.2 Å². The van der Waals surface area contributed by atoms with Gasteiger partial charge in [0.05, 0.1) is 4.90 Å². The number of unbranched alkanes of at least 4 members (excludes halogenated alkanes) is 1. The Morgan fingerprint density at radius 1 is 1.26 bits per heavy atom. The average Bonchev–Trinajstić information content (AvgIpc) is 2.95. The zero-order valence-corrected chi connectivity index (χ0v) is 14.7. The Balaban J connectivity index is 2.01. The van der Waals surface area contributed by atoms with Crippen LogP contribution in [0.4, 0.5) is 19.0 Å². The van der Waals surface area contributed by atoms with Crippen LogP contribution >= 0.6 is 11.8 Å². The maximum Gasteiger partial charge on any atom is 0.573 e. The molecule has 0 atom stereocenters. The highest BCUT2D eigenvalue weighted by Gasteiger charge is 2.32.